The van der Waals surface area contributed by atoms with Crippen molar-refractivity contribution >= 4 is 27.5 Å². The summed E-state index contributed by atoms with van der Waals surface area (Å²) in [6.07, 6.45) is 0.134. The lowest BCUT2D eigenvalue weighted by Gasteiger charge is -2.13. The Labute approximate surface area is 160 Å². The minimum Gasteiger partial charge on any atom is -0.493 e. The largest absolute Gasteiger partial charge is 0.493 e. The first-order valence-corrected chi connectivity index (χ1v) is 9.05. The van der Waals surface area contributed by atoms with Gasteiger partial charge in [0.05, 0.1) is 38.0 Å². The maximum atomic E-state index is 12.3. The van der Waals surface area contributed by atoms with Crippen molar-refractivity contribution in [2.24, 2.45) is 12.1 Å². The molecule has 8 heteroatoms. The van der Waals surface area contributed by atoms with E-state index in [-0.39, 0.29) is 12.3 Å². The number of fused-ring (bicyclic) bond motifs is 1. The van der Waals surface area contributed by atoms with Crippen LogP contribution in [-0.2, 0) is 18.3 Å². The lowest BCUT2D eigenvalue weighted by atomic mass is 10.1. The van der Waals surface area contributed by atoms with Crippen LogP contribution in [-0.4, -0.2) is 31.8 Å². The van der Waals surface area contributed by atoms with Gasteiger partial charge in [-0.05, 0) is 29.8 Å². The summed E-state index contributed by atoms with van der Waals surface area (Å²) in [5.41, 5.74) is 4.42. The molecule has 3 rings (SSSR count). The van der Waals surface area contributed by atoms with Crippen LogP contribution >= 0.6 is 11.3 Å². The molecule has 0 unspecified atom stereocenters. The van der Waals surface area contributed by atoms with Crippen molar-refractivity contribution in [2.45, 2.75) is 6.42 Å². The number of thiazole rings is 1. The van der Waals surface area contributed by atoms with Crippen LogP contribution in [0.4, 0.5) is 0 Å². The highest BCUT2D eigenvalue weighted by Crippen LogP contribution is 2.38. The van der Waals surface area contributed by atoms with Crippen molar-refractivity contribution in [3.05, 3.63) is 46.8 Å². The fraction of sp³-hybridized carbons (Fsp3) is 0.263. The number of carbonyl (C=O) groups is 1. The van der Waals surface area contributed by atoms with Gasteiger partial charge in [0.25, 0.3) is 0 Å². The third kappa shape index (κ3) is 3.90. The van der Waals surface area contributed by atoms with E-state index >= 15 is 0 Å². The molecule has 0 aliphatic heterocycles. The van der Waals surface area contributed by atoms with E-state index in [0.29, 0.717) is 17.2 Å². The first-order chi connectivity index (χ1) is 13.1. The summed E-state index contributed by atoms with van der Waals surface area (Å²) in [5.74, 6) is 1.27. The van der Waals surface area contributed by atoms with Crippen molar-refractivity contribution in [2.75, 3.05) is 21.3 Å². The molecule has 27 heavy (non-hydrogen) atoms. The van der Waals surface area contributed by atoms with Crippen LogP contribution in [0.5, 0.6) is 17.2 Å². The van der Waals surface area contributed by atoms with Gasteiger partial charge in [0, 0.05) is 7.05 Å². The normalized spacial score (nSPS) is 11.5. The smallest absolute Gasteiger partial charge is 0.244 e. The Morgan fingerprint density at radius 2 is 1.78 bits per heavy atom. The molecule has 0 aliphatic rings. The molecular weight excluding hydrogens is 366 g/mol. The highest BCUT2D eigenvalue weighted by atomic mass is 32.1. The van der Waals surface area contributed by atoms with Crippen LogP contribution in [0.15, 0.2) is 41.5 Å². The van der Waals surface area contributed by atoms with Gasteiger partial charge in [0.15, 0.2) is 11.5 Å². The third-order valence-corrected chi connectivity index (χ3v) is 5.19. The maximum absolute atomic E-state index is 12.3. The van der Waals surface area contributed by atoms with Gasteiger partial charge in [0.2, 0.25) is 16.5 Å². The number of aryl methyl sites for hydroxylation is 1. The molecule has 1 amide bonds. The number of amides is 1. The zero-order valence-corrected chi connectivity index (χ0v) is 16.4. The van der Waals surface area contributed by atoms with Crippen LogP contribution < -0.4 is 24.4 Å². The maximum Gasteiger partial charge on any atom is 0.244 e. The Balaban J connectivity index is 1.80. The molecule has 0 saturated carbocycles. The molecule has 3 aromatic rings. The molecule has 0 spiro atoms. The van der Waals surface area contributed by atoms with E-state index in [0.717, 1.165) is 20.6 Å². The quantitative estimate of drug-likeness (QED) is 0.660. The second-order valence-corrected chi connectivity index (χ2v) is 6.78. The number of benzene rings is 2. The lowest BCUT2D eigenvalue weighted by molar-refractivity contribution is -0.120. The molecule has 0 radical (unpaired) electrons. The number of nitrogens with one attached hydrogen (secondary N) is 1. The summed E-state index contributed by atoms with van der Waals surface area (Å²) in [6.45, 7) is 0. The van der Waals surface area contributed by atoms with Gasteiger partial charge in [0.1, 0.15) is 0 Å². The summed E-state index contributed by atoms with van der Waals surface area (Å²) in [4.78, 5) is 13.1. The molecule has 0 fully saturated rings. The predicted octanol–water partition coefficient (Wildman–Crippen LogP) is 2.44. The molecule has 2 aromatic carbocycles. The highest BCUT2D eigenvalue weighted by Gasteiger charge is 2.14. The van der Waals surface area contributed by atoms with E-state index in [1.165, 1.54) is 32.7 Å². The Kier molecular flexibility index (Phi) is 5.66. The molecule has 1 heterocycles. The number of carbonyl (C=O) groups excluding carboxylic acids is 1. The number of rotatable bonds is 6. The first kappa shape index (κ1) is 18.8. The minimum atomic E-state index is -0.235. The number of aromatic nitrogens is 1. The second-order valence-electron chi connectivity index (χ2n) is 5.77. The topological polar surface area (TPSA) is 74.1 Å². The fourth-order valence-corrected chi connectivity index (χ4v) is 3.74. The van der Waals surface area contributed by atoms with Gasteiger partial charge in [-0.2, -0.15) is 0 Å². The fourth-order valence-electron chi connectivity index (χ4n) is 2.76. The third-order valence-electron chi connectivity index (χ3n) is 4.08. The zero-order chi connectivity index (χ0) is 19.4. The number of para-hydroxylation sites is 1. The Hall–Kier alpha value is -3.00. The summed E-state index contributed by atoms with van der Waals surface area (Å²) < 4.78 is 19.0. The van der Waals surface area contributed by atoms with E-state index in [1.54, 1.807) is 12.1 Å². The monoisotopic (exact) mass is 387 g/mol. The van der Waals surface area contributed by atoms with Crippen LogP contribution in [0.3, 0.4) is 0 Å². The van der Waals surface area contributed by atoms with Crippen LogP contribution in [0.25, 0.3) is 10.2 Å². The van der Waals surface area contributed by atoms with Gasteiger partial charge in [-0.3, -0.25) is 4.79 Å². The van der Waals surface area contributed by atoms with Crippen molar-refractivity contribution < 1.29 is 19.0 Å². The van der Waals surface area contributed by atoms with Crippen molar-refractivity contribution in [1.29, 1.82) is 0 Å². The van der Waals surface area contributed by atoms with E-state index < -0.39 is 0 Å². The molecule has 0 atom stereocenters. The molecular formula is C19H21N3O4S. The van der Waals surface area contributed by atoms with Gasteiger partial charge in [-0.25, -0.2) is 5.43 Å². The van der Waals surface area contributed by atoms with Crippen LogP contribution in [0, 0.1) is 0 Å². The average Bonchev–Trinajstić information content (AvgIpc) is 3.01. The molecule has 0 saturated heterocycles. The van der Waals surface area contributed by atoms with Gasteiger partial charge < -0.3 is 18.8 Å². The van der Waals surface area contributed by atoms with Crippen LogP contribution in [0.1, 0.15) is 5.56 Å². The van der Waals surface area contributed by atoms with E-state index in [2.05, 4.69) is 10.5 Å². The van der Waals surface area contributed by atoms with Gasteiger partial charge in [-0.1, -0.05) is 23.5 Å². The molecule has 0 bridgehead atoms. The molecule has 1 N–H and O–H groups in total. The Morgan fingerprint density at radius 3 is 2.37 bits per heavy atom. The van der Waals surface area contributed by atoms with E-state index in [4.69, 9.17) is 14.2 Å². The zero-order valence-electron chi connectivity index (χ0n) is 15.6. The highest BCUT2D eigenvalue weighted by molar-refractivity contribution is 7.16. The van der Waals surface area contributed by atoms with Crippen LogP contribution in [0.2, 0.25) is 0 Å². The SMILES string of the molecule is COc1cc(CC(=O)N/N=c2\sc3ccccc3n2C)cc(OC)c1OC. The number of hydrogen-bond donors (Lipinski definition) is 1. The van der Waals surface area contributed by atoms with E-state index in [9.17, 15) is 4.79 Å². The lowest BCUT2D eigenvalue weighted by Crippen LogP contribution is -2.24. The number of ether oxygens (including phenoxy) is 3. The van der Waals surface area contributed by atoms with E-state index in [1.807, 2.05) is 35.9 Å². The molecule has 1 aromatic heterocycles. The Bertz CT molecular complexity index is 1010. The van der Waals surface area contributed by atoms with Crippen molar-refractivity contribution in [3.8, 4) is 17.2 Å². The predicted molar refractivity (Wildman–Crippen MR) is 104 cm³/mol. The number of nitrogens with zero attached hydrogens (tertiary/aromatic N) is 2. The minimum absolute atomic E-state index is 0.134. The van der Waals surface area contributed by atoms with Crippen molar-refractivity contribution in [3.63, 3.8) is 0 Å². The summed E-state index contributed by atoms with van der Waals surface area (Å²) in [7, 11) is 6.54. The summed E-state index contributed by atoms with van der Waals surface area (Å²) >= 11 is 1.51. The Morgan fingerprint density at radius 1 is 1.11 bits per heavy atom. The standard InChI is InChI=1S/C19H21N3O4S/c1-22-13-7-5-6-8-16(13)27-19(22)21-20-17(23)11-12-9-14(24-2)18(26-4)15(10-12)25-3/h5-10H,11H2,1-4H3,(H,20,23)/b21-19-. The summed E-state index contributed by atoms with van der Waals surface area (Å²) in [5, 5.41) is 4.25. The molecule has 0 aliphatic carbocycles. The first-order valence-electron chi connectivity index (χ1n) is 8.23. The molecule has 7 nitrogen and oxygen atoms in total. The van der Waals surface area contributed by atoms with Gasteiger partial charge in [-0.15, -0.1) is 5.10 Å². The van der Waals surface area contributed by atoms with Crippen molar-refractivity contribution in [1.82, 2.24) is 9.99 Å². The summed E-state index contributed by atoms with van der Waals surface area (Å²) in [6, 6.07) is 11.5. The second kappa shape index (κ2) is 8.13. The number of methoxy groups -OCH3 is 3. The molecule has 142 valence electrons. The van der Waals surface area contributed by atoms with Gasteiger partial charge >= 0.3 is 0 Å². The average molecular weight is 387 g/mol. The number of hydrogen-bond acceptors (Lipinski definition) is 6.